The molecule has 2 heterocycles. The highest BCUT2D eigenvalue weighted by atomic mass is 19.4. The van der Waals surface area contributed by atoms with E-state index in [9.17, 15) is 32.3 Å². The maximum absolute atomic E-state index is 15.2. The van der Waals surface area contributed by atoms with Gasteiger partial charge in [-0.3, -0.25) is 19.0 Å². The van der Waals surface area contributed by atoms with Crippen LogP contribution in [0.15, 0.2) is 70.4 Å². The van der Waals surface area contributed by atoms with Crippen molar-refractivity contribution in [3.63, 3.8) is 0 Å². The molecule has 0 saturated heterocycles. The Morgan fingerprint density at radius 3 is 2.27 bits per heavy atom. The summed E-state index contributed by atoms with van der Waals surface area (Å²) in [5.41, 5.74) is -0.940. The number of aromatic nitrogens is 2. The summed E-state index contributed by atoms with van der Waals surface area (Å²) in [4.78, 5) is 51.0. The van der Waals surface area contributed by atoms with Crippen molar-refractivity contribution in [2.45, 2.75) is 44.4 Å². The van der Waals surface area contributed by atoms with Crippen LogP contribution >= 0.6 is 0 Å². The van der Waals surface area contributed by atoms with Crippen molar-refractivity contribution in [3.8, 4) is 16.9 Å². The second kappa shape index (κ2) is 13.5. The van der Waals surface area contributed by atoms with Crippen molar-refractivity contribution < 1.29 is 36.3 Å². The van der Waals surface area contributed by atoms with E-state index in [4.69, 9.17) is 4.74 Å². The number of hydrogen-bond acceptors (Lipinski definition) is 6. The Morgan fingerprint density at radius 2 is 1.65 bits per heavy atom. The van der Waals surface area contributed by atoms with Crippen LogP contribution < -0.4 is 26.6 Å². The van der Waals surface area contributed by atoms with E-state index in [0.717, 1.165) is 4.57 Å². The number of anilines is 1. The molecule has 0 fully saturated rings. The Labute approximate surface area is 271 Å². The van der Waals surface area contributed by atoms with E-state index in [2.05, 4.69) is 10.6 Å². The number of nitrogens with zero attached hydrogens (tertiary/aromatic N) is 2. The molecular weight excluding hydrogens is 639 g/mol. The molecule has 48 heavy (non-hydrogen) atoms. The Balaban J connectivity index is 1.41. The molecule has 1 aromatic heterocycles. The fourth-order valence-corrected chi connectivity index (χ4v) is 5.71. The van der Waals surface area contributed by atoms with Crippen LogP contribution in [0.1, 0.15) is 46.4 Å². The number of halogens is 5. The maximum atomic E-state index is 15.2. The molecule has 1 aliphatic rings. The molecule has 1 aliphatic heterocycles. The molecule has 1 amide bonds. The van der Waals surface area contributed by atoms with E-state index in [1.807, 2.05) is 0 Å². The number of hydrogen-bond donors (Lipinski definition) is 2. The highest BCUT2D eigenvalue weighted by molar-refractivity contribution is 5.98. The highest BCUT2D eigenvalue weighted by Crippen LogP contribution is 2.38. The van der Waals surface area contributed by atoms with Crippen molar-refractivity contribution >= 4 is 17.4 Å². The smallest absolute Gasteiger partial charge is 0.412 e. The minimum Gasteiger partial charge on any atom is -0.493 e. The van der Waals surface area contributed by atoms with Crippen LogP contribution in [-0.4, -0.2) is 39.6 Å². The summed E-state index contributed by atoms with van der Waals surface area (Å²) >= 11 is 0. The van der Waals surface area contributed by atoms with Gasteiger partial charge in [-0.25, -0.2) is 13.6 Å². The Bertz CT molecular complexity index is 1980. The van der Waals surface area contributed by atoms with Crippen molar-refractivity contribution in [1.29, 1.82) is 0 Å². The normalized spacial score (nSPS) is 14.0. The molecule has 252 valence electrons. The lowest BCUT2D eigenvalue weighted by atomic mass is 9.90. The minimum absolute atomic E-state index is 0.0917. The largest absolute Gasteiger partial charge is 0.493 e. The first-order valence-electron chi connectivity index (χ1n) is 14.9. The van der Waals surface area contributed by atoms with Crippen LogP contribution in [0.2, 0.25) is 0 Å². The molecule has 14 heteroatoms. The third-order valence-corrected chi connectivity index (χ3v) is 8.17. The van der Waals surface area contributed by atoms with Gasteiger partial charge in [0, 0.05) is 38.0 Å². The fraction of sp³-hybridized carbons (Fsp3) is 0.294. The Morgan fingerprint density at radius 1 is 0.979 bits per heavy atom. The van der Waals surface area contributed by atoms with E-state index in [1.165, 1.54) is 62.1 Å². The Kier molecular flexibility index (Phi) is 9.55. The number of aryl methyl sites for hydroxylation is 1. The molecule has 3 aromatic carbocycles. The summed E-state index contributed by atoms with van der Waals surface area (Å²) in [5, 5.41) is 4.45. The standard InChI is InChI=1S/C34H31F5N4O5/c1-18(44)27(14-20-11-12-23(29-22(20)10-7-13-48-29)24-17-42(2)33(47)43(3)32(24)46)41-31(45)28-25(35)15-21(16-26(28)36)40-30(34(37,38)39)19-8-5-4-6-9-19/h4-6,8-9,11-12,15-17,27,30,40H,7,10,13-14H2,1-3H3,(H,41,45)/t27-,30+/m0/s1. The summed E-state index contributed by atoms with van der Waals surface area (Å²) in [6.07, 6.45) is -2.38. The summed E-state index contributed by atoms with van der Waals surface area (Å²) in [5.74, 6) is -4.28. The van der Waals surface area contributed by atoms with Crippen LogP contribution in [0.4, 0.5) is 27.6 Å². The van der Waals surface area contributed by atoms with Gasteiger partial charge in [0.05, 0.1) is 18.2 Å². The second-order valence-corrected chi connectivity index (χ2v) is 11.5. The van der Waals surface area contributed by atoms with Gasteiger partial charge in [0.1, 0.15) is 29.0 Å². The summed E-state index contributed by atoms with van der Waals surface area (Å²) in [6, 6.07) is 7.63. The van der Waals surface area contributed by atoms with E-state index in [-0.39, 0.29) is 17.5 Å². The van der Waals surface area contributed by atoms with Gasteiger partial charge < -0.3 is 19.9 Å². The van der Waals surface area contributed by atoms with Gasteiger partial charge in [-0.15, -0.1) is 0 Å². The van der Waals surface area contributed by atoms with Crippen LogP contribution in [0, 0.1) is 11.6 Å². The molecule has 0 spiro atoms. The number of Topliss-reactive ketones (excluding diaryl/α,β-unsaturated/α-hetero) is 1. The number of nitrogens with one attached hydrogen (secondary N) is 2. The lowest BCUT2D eigenvalue weighted by Gasteiger charge is -2.25. The third kappa shape index (κ3) is 6.87. The Hall–Kier alpha value is -5.27. The topological polar surface area (TPSA) is 111 Å². The van der Waals surface area contributed by atoms with E-state index < -0.39 is 64.1 Å². The molecule has 0 unspecified atom stereocenters. The molecule has 0 radical (unpaired) electrons. The maximum Gasteiger partial charge on any atom is 0.412 e. The van der Waals surface area contributed by atoms with Gasteiger partial charge in [0.25, 0.3) is 11.5 Å². The average Bonchev–Trinajstić information content (AvgIpc) is 3.03. The SMILES string of the molecule is CC(=O)[C@H](Cc1ccc(-c2cn(C)c(=O)n(C)c2=O)c2c1CCCO2)NC(=O)c1c(F)cc(N[C@H](c2ccccc2)C(F)(F)F)cc1F. The number of ether oxygens (including phenoxy) is 1. The van der Waals surface area contributed by atoms with Gasteiger partial charge in [0.2, 0.25) is 0 Å². The predicted molar refractivity (Wildman–Crippen MR) is 167 cm³/mol. The molecule has 4 aromatic rings. The first-order valence-corrected chi connectivity index (χ1v) is 14.9. The lowest BCUT2D eigenvalue weighted by Crippen LogP contribution is -2.42. The van der Waals surface area contributed by atoms with Crippen molar-refractivity contribution in [1.82, 2.24) is 14.5 Å². The van der Waals surface area contributed by atoms with Gasteiger partial charge >= 0.3 is 11.9 Å². The molecular formula is C34H31F5N4O5. The monoisotopic (exact) mass is 670 g/mol. The minimum atomic E-state index is -4.81. The molecule has 0 aliphatic carbocycles. The summed E-state index contributed by atoms with van der Waals surface area (Å²) in [7, 11) is 2.86. The summed E-state index contributed by atoms with van der Waals surface area (Å²) < 4.78 is 79.9. The van der Waals surface area contributed by atoms with Gasteiger partial charge in [-0.1, -0.05) is 42.5 Å². The zero-order chi connectivity index (χ0) is 34.9. The number of fused-ring (bicyclic) bond motifs is 1. The highest BCUT2D eigenvalue weighted by Gasteiger charge is 2.41. The number of carbonyl (C=O) groups excluding carboxylic acids is 2. The average molecular weight is 671 g/mol. The van der Waals surface area contributed by atoms with E-state index in [0.29, 0.717) is 54.0 Å². The van der Waals surface area contributed by atoms with Gasteiger partial charge in [-0.2, -0.15) is 13.2 Å². The first-order chi connectivity index (χ1) is 22.7. The quantitative estimate of drug-likeness (QED) is 0.243. The zero-order valence-corrected chi connectivity index (χ0v) is 26.1. The van der Waals surface area contributed by atoms with E-state index in [1.54, 1.807) is 12.1 Å². The lowest BCUT2D eigenvalue weighted by molar-refractivity contribution is -0.144. The number of rotatable bonds is 9. The number of amides is 1. The van der Waals surface area contributed by atoms with Crippen LogP contribution in [0.3, 0.4) is 0 Å². The van der Waals surface area contributed by atoms with Crippen LogP contribution in [0.5, 0.6) is 5.75 Å². The molecule has 9 nitrogen and oxygen atoms in total. The molecule has 2 N–H and O–H groups in total. The zero-order valence-electron chi connectivity index (χ0n) is 26.1. The van der Waals surface area contributed by atoms with E-state index >= 15 is 8.78 Å². The number of benzene rings is 3. The third-order valence-electron chi connectivity index (χ3n) is 8.17. The molecule has 0 saturated carbocycles. The van der Waals surface area contributed by atoms with Crippen LogP contribution in [-0.2, 0) is 31.7 Å². The number of carbonyl (C=O) groups is 2. The van der Waals surface area contributed by atoms with Crippen molar-refractivity contribution in [3.05, 3.63) is 116 Å². The van der Waals surface area contributed by atoms with Gasteiger partial charge in [-0.05, 0) is 48.6 Å². The van der Waals surface area contributed by atoms with Gasteiger partial charge in [0.15, 0.2) is 5.78 Å². The van der Waals surface area contributed by atoms with Crippen LogP contribution in [0.25, 0.3) is 11.1 Å². The van der Waals surface area contributed by atoms with Crippen molar-refractivity contribution in [2.24, 2.45) is 14.1 Å². The van der Waals surface area contributed by atoms with Crippen molar-refractivity contribution in [2.75, 3.05) is 11.9 Å². The fourth-order valence-electron chi connectivity index (χ4n) is 5.71. The number of ketones is 1. The summed E-state index contributed by atoms with van der Waals surface area (Å²) in [6.45, 7) is 1.54. The molecule has 2 atom stereocenters. The number of alkyl halides is 3. The second-order valence-electron chi connectivity index (χ2n) is 11.5. The predicted octanol–water partition coefficient (Wildman–Crippen LogP) is 5.00. The first kappa shape index (κ1) is 34.1. The molecule has 0 bridgehead atoms. The molecule has 5 rings (SSSR count).